The normalized spacial score (nSPS) is 11.0. The number of aromatic amines is 1. The fourth-order valence-electron chi connectivity index (χ4n) is 1.89. The smallest absolute Gasteiger partial charge is 0.265 e. The predicted octanol–water partition coefficient (Wildman–Crippen LogP) is 2.79. The van der Waals surface area contributed by atoms with E-state index in [2.05, 4.69) is 20.3 Å². The molecule has 2 aromatic heterocycles. The zero-order valence-electron chi connectivity index (χ0n) is 11.7. The van der Waals surface area contributed by atoms with Gasteiger partial charge in [0.1, 0.15) is 0 Å². The van der Waals surface area contributed by atoms with E-state index in [1.807, 2.05) is 0 Å². The lowest BCUT2D eigenvalue weighted by Crippen LogP contribution is -1.95. The third-order valence-electron chi connectivity index (χ3n) is 3.02. The van der Waals surface area contributed by atoms with E-state index in [1.165, 1.54) is 16.8 Å². The van der Waals surface area contributed by atoms with Crippen molar-refractivity contribution >= 4 is 24.1 Å². The lowest BCUT2D eigenvalue weighted by molar-refractivity contribution is -0.384. The van der Waals surface area contributed by atoms with Gasteiger partial charge in [0.15, 0.2) is 5.82 Å². The number of non-ortho nitro benzene ring substituents is 1. The van der Waals surface area contributed by atoms with Crippen LogP contribution < -0.4 is 0 Å². The fourth-order valence-corrected chi connectivity index (χ4v) is 2.07. The van der Waals surface area contributed by atoms with E-state index in [-0.39, 0.29) is 5.69 Å². The second kappa shape index (κ2) is 6.28. The van der Waals surface area contributed by atoms with E-state index in [0.717, 1.165) is 5.56 Å². The molecule has 0 bridgehead atoms. The summed E-state index contributed by atoms with van der Waals surface area (Å²) in [5, 5.41) is 21.8. The number of aromatic nitrogens is 4. The molecule has 3 rings (SSSR count). The molecule has 0 aliphatic carbocycles. The Bertz CT molecular complexity index is 914. The molecule has 8 nitrogen and oxygen atoms in total. The third-order valence-corrected chi connectivity index (χ3v) is 3.28. The molecule has 0 saturated carbocycles. The summed E-state index contributed by atoms with van der Waals surface area (Å²) >= 11 is 5.17. The quantitative estimate of drug-likeness (QED) is 0.344. The maximum absolute atomic E-state index is 10.6. The van der Waals surface area contributed by atoms with Crippen LogP contribution in [-0.2, 0) is 0 Å². The highest BCUT2D eigenvalue weighted by atomic mass is 32.1. The highest BCUT2D eigenvalue weighted by Gasteiger charge is 2.07. The number of hydrogen-bond acceptors (Lipinski definition) is 6. The van der Waals surface area contributed by atoms with Crippen LogP contribution in [0.15, 0.2) is 53.9 Å². The SMILES string of the molecule is O=[N+]([O-])c1ccc(/C=N\n2c(-c3ccncc3)n[nH]c2=S)cc1. The van der Waals surface area contributed by atoms with E-state index < -0.39 is 4.92 Å². The molecule has 0 fully saturated rings. The Labute approximate surface area is 135 Å². The van der Waals surface area contributed by atoms with Gasteiger partial charge in [0.2, 0.25) is 4.77 Å². The number of nitro benzene ring substituents is 1. The van der Waals surface area contributed by atoms with E-state index in [0.29, 0.717) is 16.2 Å². The molecule has 9 heteroatoms. The van der Waals surface area contributed by atoms with Crippen LogP contribution in [0.5, 0.6) is 0 Å². The molecule has 1 aromatic carbocycles. The van der Waals surface area contributed by atoms with Crippen LogP contribution in [0.2, 0.25) is 0 Å². The van der Waals surface area contributed by atoms with Crippen molar-refractivity contribution in [2.24, 2.45) is 5.10 Å². The predicted molar refractivity (Wildman–Crippen MR) is 86.7 cm³/mol. The van der Waals surface area contributed by atoms with E-state index in [1.54, 1.807) is 42.9 Å². The second-order valence-electron chi connectivity index (χ2n) is 4.49. The Morgan fingerprint density at radius 3 is 2.57 bits per heavy atom. The van der Waals surface area contributed by atoms with Gasteiger partial charge in [0.25, 0.3) is 5.69 Å². The number of nitrogens with one attached hydrogen (secondary N) is 1. The summed E-state index contributed by atoms with van der Waals surface area (Å²) in [6.07, 6.45) is 4.86. The Morgan fingerprint density at radius 1 is 1.22 bits per heavy atom. The van der Waals surface area contributed by atoms with Crippen molar-refractivity contribution in [1.82, 2.24) is 19.9 Å². The minimum atomic E-state index is -0.450. The number of rotatable bonds is 4. The van der Waals surface area contributed by atoms with Gasteiger partial charge in [-0.05, 0) is 42.0 Å². The number of pyridine rings is 1. The Balaban J connectivity index is 1.93. The summed E-state index contributed by atoms with van der Waals surface area (Å²) in [7, 11) is 0. The van der Waals surface area contributed by atoms with Crippen molar-refractivity contribution in [3.8, 4) is 11.4 Å². The first-order chi connectivity index (χ1) is 11.1. The number of nitrogens with zero attached hydrogens (tertiary/aromatic N) is 5. The summed E-state index contributed by atoms with van der Waals surface area (Å²) in [5.74, 6) is 0.551. The van der Waals surface area contributed by atoms with Crippen molar-refractivity contribution in [1.29, 1.82) is 0 Å². The first-order valence-electron chi connectivity index (χ1n) is 6.52. The summed E-state index contributed by atoms with van der Waals surface area (Å²) in [5.41, 5.74) is 1.55. The largest absolute Gasteiger partial charge is 0.269 e. The van der Waals surface area contributed by atoms with Gasteiger partial charge in [-0.15, -0.1) is 0 Å². The van der Waals surface area contributed by atoms with Crippen molar-refractivity contribution < 1.29 is 4.92 Å². The summed E-state index contributed by atoms with van der Waals surface area (Å²) in [4.78, 5) is 14.1. The number of nitro groups is 1. The average molecular weight is 326 g/mol. The fraction of sp³-hybridized carbons (Fsp3) is 0. The van der Waals surface area contributed by atoms with Gasteiger partial charge < -0.3 is 0 Å². The van der Waals surface area contributed by atoms with Gasteiger partial charge in [-0.2, -0.15) is 14.9 Å². The molecule has 0 radical (unpaired) electrons. The van der Waals surface area contributed by atoms with Gasteiger partial charge in [0.05, 0.1) is 11.1 Å². The van der Waals surface area contributed by atoms with Crippen LogP contribution in [0, 0.1) is 14.9 Å². The average Bonchev–Trinajstić information content (AvgIpc) is 2.95. The molecule has 0 aliphatic heterocycles. The van der Waals surface area contributed by atoms with Crippen molar-refractivity contribution in [3.05, 3.63) is 69.2 Å². The van der Waals surface area contributed by atoms with E-state index in [9.17, 15) is 10.1 Å². The zero-order chi connectivity index (χ0) is 16.2. The van der Waals surface area contributed by atoms with E-state index in [4.69, 9.17) is 12.2 Å². The molecular weight excluding hydrogens is 316 g/mol. The minimum absolute atomic E-state index is 0.0274. The maximum atomic E-state index is 10.6. The van der Waals surface area contributed by atoms with Gasteiger partial charge in [0, 0.05) is 30.1 Å². The van der Waals surface area contributed by atoms with Crippen LogP contribution >= 0.6 is 12.2 Å². The van der Waals surface area contributed by atoms with Crippen LogP contribution in [0.1, 0.15) is 5.56 Å². The van der Waals surface area contributed by atoms with Gasteiger partial charge in [-0.1, -0.05) is 0 Å². The first-order valence-corrected chi connectivity index (χ1v) is 6.92. The number of benzene rings is 1. The Hall–Kier alpha value is -3.20. The topological polar surface area (TPSA) is 102 Å². The number of H-pyrrole nitrogens is 1. The van der Waals surface area contributed by atoms with Crippen molar-refractivity contribution in [3.63, 3.8) is 0 Å². The monoisotopic (exact) mass is 326 g/mol. The molecule has 0 atom stereocenters. The van der Waals surface area contributed by atoms with Crippen LogP contribution in [-0.4, -0.2) is 31.0 Å². The van der Waals surface area contributed by atoms with Crippen molar-refractivity contribution in [2.75, 3.05) is 0 Å². The third kappa shape index (κ3) is 3.19. The van der Waals surface area contributed by atoms with E-state index >= 15 is 0 Å². The molecule has 0 amide bonds. The van der Waals surface area contributed by atoms with Gasteiger partial charge >= 0.3 is 0 Å². The molecule has 0 aliphatic rings. The molecule has 2 heterocycles. The highest BCUT2D eigenvalue weighted by Crippen LogP contribution is 2.16. The minimum Gasteiger partial charge on any atom is -0.265 e. The molecule has 0 unspecified atom stereocenters. The molecule has 0 saturated heterocycles. The summed E-state index contributed by atoms with van der Waals surface area (Å²) < 4.78 is 1.82. The van der Waals surface area contributed by atoms with Crippen LogP contribution in [0.4, 0.5) is 5.69 Å². The van der Waals surface area contributed by atoms with Crippen LogP contribution in [0.3, 0.4) is 0 Å². The molecule has 0 spiro atoms. The van der Waals surface area contributed by atoms with Gasteiger partial charge in [-0.3, -0.25) is 15.1 Å². The maximum Gasteiger partial charge on any atom is 0.269 e. The Morgan fingerprint density at radius 2 is 1.91 bits per heavy atom. The molecule has 23 heavy (non-hydrogen) atoms. The van der Waals surface area contributed by atoms with Gasteiger partial charge in [-0.25, -0.2) is 5.10 Å². The van der Waals surface area contributed by atoms with Crippen molar-refractivity contribution in [2.45, 2.75) is 0 Å². The molecule has 1 N–H and O–H groups in total. The first kappa shape index (κ1) is 14.7. The highest BCUT2D eigenvalue weighted by molar-refractivity contribution is 7.71. The molecular formula is C14H10N6O2S. The molecule has 114 valence electrons. The standard InChI is InChI=1S/C14H10N6O2S/c21-20(22)12-3-1-10(2-4-12)9-16-19-13(17-18-14(19)23)11-5-7-15-8-6-11/h1-9H,(H,18,23)/b16-9-. The Kier molecular flexibility index (Phi) is 4.02. The second-order valence-corrected chi connectivity index (χ2v) is 4.88. The molecule has 3 aromatic rings. The lowest BCUT2D eigenvalue weighted by Gasteiger charge is -2.00. The summed E-state index contributed by atoms with van der Waals surface area (Å²) in [6.45, 7) is 0. The lowest BCUT2D eigenvalue weighted by atomic mass is 10.2. The summed E-state index contributed by atoms with van der Waals surface area (Å²) in [6, 6.07) is 9.64. The van der Waals surface area contributed by atoms with Crippen LogP contribution in [0.25, 0.3) is 11.4 Å². The zero-order valence-corrected chi connectivity index (χ0v) is 12.5. The number of hydrogen-bond donors (Lipinski definition) is 1.